The molecule has 0 saturated heterocycles. The molecule has 3 aromatic rings. The molecule has 0 fully saturated rings. The molecule has 0 amide bonds. The second-order valence-corrected chi connectivity index (χ2v) is 3.25. The van der Waals surface area contributed by atoms with Crippen LogP contribution in [0.1, 0.15) is 0 Å². The van der Waals surface area contributed by atoms with Gasteiger partial charge in [0.25, 0.3) is 0 Å². The van der Waals surface area contributed by atoms with Gasteiger partial charge in [0.2, 0.25) is 5.95 Å². The van der Waals surface area contributed by atoms with Crippen molar-refractivity contribution in [1.82, 2.24) is 9.38 Å². The van der Waals surface area contributed by atoms with Gasteiger partial charge in [0.05, 0.1) is 11.0 Å². The molecule has 0 saturated carbocycles. The molecule has 3 heteroatoms. The van der Waals surface area contributed by atoms with Crippen molar-refractivity contribution in [1.29, 1.82) is 0 Å². The van der Waals surface area contributed by atoms with Crippen LogP contribution in [0.4, 0.5) is 5.95 Å². The van der Waals surface area contributed by atoms with E-state index in [-0.39, 0.29) is 0 Å². The van der Waals surface area contributed by atoms with Crippen LogP contribution in [0.3, 0.4) is 0 Å². The van der Waals surface area contributed by atoms with E-state index < -0.39 is 0 Å². The van der Waals surface area contributed by atoms with Crippen molar-refractivity contribution in [3.05, 3.63) is 42.6 Å². The van der Waals surface area contributed by atoms with Crippen molar-refractivity contribution < 1.29 is 0 Å². The van der Waals surface area contributed by atoms with E-state index in [1.165, 1.54) is 0 Å². The third-order valence-corrected chi connectivity index (χ3v) is 2.41. The minimum Gasteiger partial charge on any atom is -0.369 e. The van der Waals surface area contributed by atoms with Crippen LogP contribution in [0.25, 0.3) is 16.4 Å². The number of rotatable bonds is 0. The van der Waals surface area contributed by atoms with Crippen LogP contribution >= 0.6 is 0 Å². The maximum Gasteiger partial charge on any atom is 0.205 e. The lowest BCUT2D eigenvalue weighted by Gasteiger charge is -2.03. The van der Waals surface area contributed by atoms with Gasteiger partial charge in [0.15, 0.2) is 0 Å². The van der Waals surface area contributed by atoms with Crippen molar-refractivity contribution in [2.75, 3.05) is 5.73 Å². The molecule has 0 aliphatic heterocycles. The Kier molecular flexibility index (Phi) is 1.31. The predicted molar refractivity (Wildman–Crippen MR) is 57.1 cm³/mol. The van der Waals surface area contributed by atoms with E-state index in [0.29, 0.717) is 5.95 Å². The molecule has 2 aromatic heterocycles. The summed E-state index contributed by atoms with van der Waals surface area (Å²) >= 11 is 0. The van der Waals surface area contributed by atoms with Crippen LogP contribution in [0.2, 0.25) is 0 Å². The first-order valence-electron chi connectivity index (χ1n) is 4.47. The molecular weight excluding hydrogens is 174 g/mol. The molecule has 0 aliphatic carbocycles. The quantitative estimate of drug-likeness (QED) is 0.579. The summed E-state index contributed by atoms with van der Waals surface area (Å²) in [6, 6.07) is 12.0. The topological polar surface area (TPSA) is 43.3 Å². The van der Waals surface area contributed by atoms with E-state index in [0.717, 1.165) is 16.4 Å². The van der Waals surface area contributed by atoms with Crippen molar-refractivity contribution in [2.24, 2.45) is 0 Å². The summed E-state index contributed by atoms with van der Waals surface area (Å²) < 4.78 is 1.89. The van der Waals surface area contributed by atoms with E-state index in [1.807, 2.05) is 40.9 Å². The highest BCUT2D eigenvalue weighted by atomic mass is 15.1. The SMILES string of the molecule is Nc1nc2ccccc2c2cccn12. The van der Waals surface area contributed by atoms with E-state index in [9.17, 15) is 0 Å². The van der Waals surface area contributed by atoms with Gasteiger partial charge in [-0.3, -0.25) is 4.40 Å². The molecule has 0 spiro atoms. The van der Waals surface area contributed by atoms with Crippen LogP contribution in [-0.2, 0) is 0 Å². The molecule has 0 bridgehead atoms. The Bertz CT molecular complexity index is 610. The van der Waals surface area contributed by atoms with Gasteiger partial charge in [0, 0.05) is 11.6 Å². The molecule has 68 valence electrons. The molecule has 1 aromatic carbocycles. The van der Waals surface area contributed by atoms with Crippen molar-refractivity contribution in [2.45, 2.75) is 0 Å². The summed E-state index contributed by atoms with van der Waals surface area (Å²) in [6.45, 7) is 0. The molecule has 0 atom stereocenters. The standard InChI is InChI=1S/C11H9N3/c12-11-13-9-5-2-1-4-8(9)10-6-3-7-14(10)11/h1-7H,(H2,12,13). The van der Waals surface area contributed by atoms with Gasteiger partial charge in [-0.25, -0.2) is 4.98 Å². The number of anilines is 1. The number of hydrogen-bond acceptors (Lipinski definition) is 2. The highest BCUT2D eigenvalue weighted by Gasteiger charge is 2.03. The zero-order valence-electron chi connectivity index (χ0n) is 7.51. The number of aromatic nitrogens is 2. The number of nitrogens with zero attached hydrogens (tertiary/aromatic N) is 2. The fraction of sp³-hybridized carbons (Fsp3) is 0. The molecule has 0 unspecified atom stereocenters. The third kappa shape index (κ3) is 0.836. The second-order valence-electron chi connectivity index (χ2n) is 3.25. The molecule has 14 heavy (non-hydrogen) atoms. The van der Waals surface area contributed by atoms with Crippen molar-refractivity contribution >= 4 is 22.4 Å². The molecule has 2 heterocycles. The number of benzene rings is 1. The lowest BCUT2D eigenvalue weighted by molar-refractivity contribution is 1.15. The minimum absolute atomic E-state index is 0.531. The number of nitrogens with two attached hydrogens (primary N) is 1. The summed E-state index contributed by atoms with van der Waals surface area (Å²) in [6.07, 6.45) is 1.92. The Morgan fingerprint density at radius 2 is 1.93 bits per heavy atom. The van der Waals surface area contributed by atoms with Gasteiger partial charge in [-0.1, -0.05) is 18.2 Å². The maximum absolute atomic E-state index is 5.82. The van der Waals surface area contributed by atoms with Gasteiger partial charge >= 0.3 is 0 Å². The van der Waals surface area contributed by atoms with Crippen molar-refractivity contribution in [3.63, 3.8) is 0 Å². The van der Waals surface area contributed by atoms with E-state index in [4.69, 9.17) is 5.73 Å². The van der Waals surface area contributed by atoms with Crippen LogP contribution < -0.4 is 5.73 Å². The fourth-order valence-electron chi connectivity index (χ4n) is 1.77. The Hall–Kier alpha value is -2.03. The molecule has 0 radical (unpaired) electrons. The summed E-state index contributed by atoms with van der Waals surface area (Å²) in [5.41, 5.74) is 7.86. The van der Waals surface area contributed by atoms with Crippen LogP contribution in [0.15, 0.2) is 42.6 Å². The number of fused-ring (bicyclic) bond motifs is 3. The first-order valence-corrected chi connectivity index (χ1v) is 4.47. The van der Waals surface area contributed by atoms with Crippen LogP contribution in [0.5, 0.6) is 0 Å². The highest BCUT2D eigenvalue weighted by molar-refractivity contribution is 5.94. The van der Waals surface area contributed by atoms with Gasteiger partial charge in [-0.15, -0.1) is 0 Å². The lowest BCUT2D eigenvalue weighted by atomic mass is 10.2. The first kappa shape index (κ1) is 7.38. The van der Waals surface area contributed by atoms with E-state index >= 15 is 0 Å². The smallest absolute Gasteiger partial charge is 0.205 e. The summed E-state index contributed by atoms with van der Waals surface area (Å²) in [5.74, 6) is 0.531. The molecule has 3 rings (SSSR count). The Balaban J connectivity index is 2.66. The van der Waals surface area contributed by atoms with Gasteiger partial charge in [-0.05, 0) is 18.2 Å². The van der Waals surface area contributed by atoms with Crippen LogP contribution in [-0.4, -0.2) is 9.38 Å². The van der Waals surface area contributed by atoms with Crippen molar-refractivity contribution in [3.8, 4) is 0 Å². The largest absolute Gasteiger partial charge is 0.369 e. The first-order chi connectivity index (χ1) is 6.86. The minimum atomic E-state index is 0.531. The summed E-state index contributed by atoms with van der Waals surface area (Å²) in [5, 5.41) is 1.13. The lowest BCUT2D eigenvalue weighted by Crippen LogP contribution is -1.99. The van der Waals surface area contributed by atoms with Crippen LogP contribution in [0, 0.1) is 0 Å². The Morgan fingerprint density at radius 1 is 1.07 bits per heavy atom. The number of nitrogen functional groups attached to an aromatic ring is 1. The number of para-hydroxylation sites is 1. The molecular formula is C11H9N3. The Labute approximate surface area is 80.8 Å². The zero-order valence-corrected chi connectivity index (χ0v) is 7.51. The average Bonchev–Trinajstić information content (AvgIpc) is 2.67. The molecule has 0 aliphatic rings. The monoisotopic (exact) mass is 183 g/mol. The average molecular weight is 183 g/mol. The predicted octanol–water partition coefficient (Wildman–Crippen LogP) is 2.07. The molecule has 3 nitrogen and oxygen atoms in total. The van der Waals surface area contributed by atoms with E-state index in [2.05, 4.69) is 11.1 Å². The van der Waals surface area contributed by atoms with Gasteiger partial charge < -0.3 is 5.73 Å². The summed E-state index contributed by atoms with van der Waals surface area (Å²) in [7, 11) is 0. The zero-order chi connectivity index (χ0) is 9.54. The maximum atomic E-state index is 5.82. The number of hydrogen-bond donors (Lipinski definition) is 1. The normalized spacial score (nSPS) is 11.1. The highest BCUT2D eigenvalue weighted by Crippen LogP contribution is 2.20. The Morgan fingerprint density at radius 3 is 2.86 bits per heavy atom. The fourth-order valence-corrected chi connectivity index (χ4v) is 1.77. The second kappa shape index (κ2) is 2.48. The summed E-state index contributed by atoms with van der Waals surface area (Å²) in [4.78, 5) is 4.32. The molecule has 2 N–H and O–H groups in total. The van der Waals surface area contributed by atoms with E-state index in [1.54, 1.807) is 0 Å². The van der Waals surface area contributed by atoms with Gasteiger partial charge in [0.1, 0.15) is 0 Å². The van der Waals surface area contributed by atoms with Gasteiger partial charge in [-0.2, -0.15) is 0 Å². The third-order valence-electron chi connectivity index (χ3n) is 2.41.